The SMILES string of the molecule is Cc1c(Cl)cccc1NC(=S)C(C#N)=C1Nc2ccccc2S1. The van der Waals surface area contributed by atoms with Gasteiger partial charge in [-0.1, -0.05) is 53.8 Å². The fourth-order valence-corrected chi connectivity index (χ4v) is 3.67. The fourth-order valence-electron chi connectivity index (χ4n) is 2.16. The summed E-state index contributed by atoms with van der Waals surface area (Å²) in [5.41, 5.74) is 3.10. The summed E-state index contributed by atoms with van der Waals surface area (Å²) in [4.78, 5) is 1.46. The van der Waals surface area contributed by atoms with Gasteiger partial charge in [0.05, 0.1) is 10.7 Å². The number of nitriles is 1. The molecule has 0 unspecified atom stereocenters. The Hall–Kier alpha value is -2.00. The molecule has 114 valence electrons. The molecule has 1 aliphatic heterocycles. The highest BCUT2D eigenvalue weighted by Crippen LogP contribution is 2.42. The van der Waals surface area contributed by atoms with E-state index in [4.69, 9.17) is 23.8 Å². The lowest BCUT2D eigenvalue weighted by molar-refractivity contribution is 1.44. The Morgan fingerprint density at radius 1 is 1.26 bits per heavy atom. The van der Waals surface area contributed by atoms with E-state index in [1.54, 1.807) is 0 Å². The number of nitrogens with one attached hydrogen (secondary N) is 2. The average Bonchev–Trinajstić information content (AvgIpc) is 2.96. The topological polar surface area (TPSA) is 47.9 Å². The summed E-state index contributed by atoms with van der Waals surface area (Å²) >= 11 is 13.0. The van der Waals surface area contributed by atoms with Gasteiger partial charge in [-0.2, -0.15) is 5.26 Å². The standard InChI is InChI=1S/C17H12ClN3S2/c1-10-12(18)5-4-7-13(10)20-16(22)11(9-19)17-21-14-6-2-3-8-15(14)23-17/h2-8,21H,1H3,(H,20,22). The van der Waals surface area contributed by atoms with E-state index in [2.05, 4.69) is 16.7 Å². The Kier molecular flexibility index (Phi) is 4.58. The molecule has 0 aromatic heterocycles. The Morgan fingerprint density at radius 3 is 2.78 bits per heavy atom. The molecular weight excluding hydrogens is 346 g/mol. The highest BCUT2D eigenvalue weighted by atomic mass is 35.5. The molecule has 3 nitrogen and oxygen atoms in total. The molecule has 0 saturated heterocycles. The molecular formula is C17H12ClN3S2. The van der Waals surface area contributed by atoms with E-state index in [-0.39, 0.29) is 0 Å². The van der Waals surface area contributed by atoms with Gasteiger partial charge in [-0.15, -0.1) is 0 Å². The number of hydrogen-bond acceptors (Lipinski definition) is 4. The highest BCUT2D eigenvalue weighted by molar-refractivity contribution is 8.03. The molecule has 0 saturated carbocycles. The summed E-state index contributed by atoms with van der Waals surface area (Å²) in [7, 11) is 0. The van der Waals surface area contributed by atoms with Crippen molar-refractivity contribution >= 4 is 51.9 Å². The zero-order chi connectivity index (χ0) is 16.4. The van der Waals surface area contributed by atoms with Gasteiger partial charge in [0.15, 0.2) is 0 Å². The highest BCUT2D eigenvalue weighted by Gasteiger charge is 2.21. The van der Waals surface area contributed by atoms with Crippen molar-refractivity contribution in [1.82, 2.24) is 0 Å². The van der Waals surface area contributed by atoms with Crippen molar-refractivity contribution in [3.63, 3.8) is 0 Å². The van der Waals surface area contributed by atoms with Gasteiger partial charge < -0.3 is 10.6 Å². The molecule has 6 heteroatoms. The minimum absolute atomic E-state index is 0.376. The van der Waals surface area contributed by atoms with Crippen LogP contribution in [0.25, 0.3) is 0 Å². The molecule has 1 heterocycles. The first-order valence-electron chi connectivity index (χ1n) is 6.85. The van der Waals surface area contributed by atoms with Crippen LogP contribution in [0.15, 0.2) is 58.0 Å². The van der Waals surface area contributed by atoms with Crippen LogP contribution in [-0.2, 0) is 0 Å². The first-order chi connectivity index (χ1) is 11.1. The van der Waals surface area contributed by atoms with Gasteiger partial charge in [0, 0.05) is 15.6 Å². The normalized spacial score (nSPS) is 14.5. The Labute approximate surface area is 149 Å². The predicted molar refractivity (Wildman–Crippen MR) is 101 cm³/mol. The third kappa shape index (κ3) is 3.20. The Bertz CT molecular complexity index is 841. The third-order valence-electron chi connectivity index (χ3n) is 3.43. The van der Waals surface area contributed by atoms with Crippen LogP contribution >= 0.6 is 35.6 Å². The molecule has 2 aromatic rings. The van der Waals surface area contributed by atoms with Crippen molar-refractivity contribution in [3.8, 4) is 6.07 Å². The van der Waals surface area contributed by atoms with Crippen LogP contribution in [0.2, 0.25) is 5.02 Å². The number of halogens is 1. The Morgan fingerprint density at radius 2 is 2.04 bits per heavy atom. The molecule has 0 bridgehead atoms. The van der Waals surface area contributed by atoms with E-state index in [0.29, 0.717) is 15.6 Å². The van der Waals surface area contributed by atoms with E-state index in [1.165, 1.54) is 11.8 Å². The maximum Gasteiger partial charge on any atom is 0.124 e. The molecule has 3 rings (SSSR count). The number of fused-ring (bicyclic) bond motifs is 1. The molecule has 0 spiro atoms. The van der Waals surface area contributed by atoms with Gasteiger partial charge in [0.1, 0.15) is 16.6 Å². The van der Waals surface area contributed by atoms with Crippen molar-refractivity contribution in [2.75, 3.05) is 10.6 Å². The lowest BCUT2D eigenvalue weighted by Crippen LogP contribution is -2.14. The van der Waals surface area contributed by atoms with Crippen molar-refractivity contribution in [3.05, 3.63) is 63.7 Å². The summed E-state index contributed by atoms with van der Waals surface area (Å²) in [6.07, 6.45) is 0. The molecule has 2 N–H and O–H groups in total. The summed E-state index contributed by atoms with van der Waals surface area (Å²) < 4.78 is 0. The number of nitrogens with zero attached hydrogens (tertiary/aromatic N) is 1. The van der Waals surface area contributed by atoms with Crippen molar-refractivity contribution in [2.24, 2.45) is 0 Å². The van der Waals surface area contributed by atoms with Gasteiger partial charge in [0.2, 0.25) is 0 Å². The number of rotatable bonds is 2. The monoisotopic (exact) mass is 357 g/mol. The fraction of sp³-hybridized carbons (Fsp3) is 0.0588. The minimum atomic E-state index is 0.376. The minimum Gasteiger partial charge on any atom is -0.348 e. The van der Waals surface area contributed by atoms with Crippen LogP contribution in [-0.4, -0.2) is 4.99 Å². The first kappa shape index (κ1) is 15.9. The van der Waals surface area contributed by atoms with Crippen LogP contribution in [0.3, 0.4) is 0 Å². The number of anilines is 2. The van der Waals surface area contributed by atoms with Crippen LogP contribution in [0.4, 0.5) is 11.4 Å². The van der Waals surface area contributed by atoms with Crippen molar-refractivity contribution < 1.29 is 0 Å². The largest absolute Gasteiger partial charge is 0.348 e. The maximum absolute atomic E-state index is 9.52. The predicted octanol–water partition coefficient (Wildman–Crippen LogP) is 5.34. The second-order valence-electron chi connectivity index (χ2n) is 4.91. The second-order valence-corrected chi connectivity index (χ2v) is 6.77. The average molecular weight is 358 g/mol. The van der Waals surface area contributed by atoms with Crippen LogP contribution in [0, 0.1) is 18.3 Å². The number of thioether (sulfide) groups is 1. The third-order valence-corrected chi connectivity index (χ3v) is 5.23. The van der Waals surface area contributed by atoms with Crippen LogP contribution in [0.5, 0.6) is 0 Å². The smallest absolute Gasteiger partial charge is 0.124 e. The number of thiocarbonyl (C=S) groups is 1. The van der Waals surface area contributed by atoms with E-state index in [1.807, 2.05) is 49.4 Å². The summed E-state index contributed by atoms with van der Waals surface area (Å²) in [6, 6.07) is 15.6. The summed E-state index contributed by atoms with van der Waals surface area (Å²) in [5.74, 6) is 0. The van der Waals surface area contributed by atoms with Crippen molar-refractivity contribution in [1.29, 1.82) is 5.26 Å². The van der Waals surface area contributed by atoms with E-state index in [9.17, 15) is 5.26 Å². The summed E-state index contributed by atoms with van der Waals surface area (Å²) in [6.45, 7) is 1.91. The summed E-state index contributed by atoms with van der Waals surface area (Å²) in [5, 5.41) is 17.3. The number of benzene rings is 2. The zero-order valence-electron chi connectivity index (χ0n) is 12.2. The molecule has 0 atom stereocenters. The lowest BCUT2D eigenvalue weighted by Gasteiger charge is -2.12. The Balaban J connectivity index is 1.88. The van der Waals surface area contributed by atoms with Gasteiger partial charge in [0.25, 0.3) is 0 Å². The van der Waals surface area contributed by atoms with E-state index >= 15 is 0 Å². The first-order valence-corrected chi connectivity index (χ1v) is 8.45. The van der Waals surface area contributed by atoms with Gasteiger partial charge in [-0.3, -0.25) is 0 Å². The zero-order valence-corrected chi connectivity index (χ0v) is 14.6. The molecule has 0 radical (unpaired) electrons. The second kappa shape index (κ2) is 6.63. The molecule has 23 heavy (non-hydrogen) atoms. The quantitative estimate of drug-likeness (QED) is 0.431. The molecule has 0 aliphatic carbocycles. The number of hydrogen-bond donors (Lipinski definition) is 2. The number of para-hydroxylation sites is 1. The lowest BCUT2D eigenvalue weighted by atomic mass is 10.2. The van der Waals surface area contributed by atoms with E-state index < -0.39 is 0 Å². The molecule has 0 fully saturated rings. The van der Waals surface area contributed by atoms with E-state index in [0.717, 1.165) is 26.9 Å². The molecule has 1 aliphatic rings. The van der Waals surface area contributed by atoms with Crippen LogP contribution in [0.1, 0.15) is 5.56 Å². The van der Waals surface area contributed by atoms with Gasteiger partial charge in [-0.05, 0) is 36.8 Å². The molecule has 0 amide bonds. The maximum atomic E-state index is 9.52. The van der Waals surface area contributed by atoms with Gasteiger partial charge >= 0.3 is 0 Å². The van der Waals surface area contributed by atoms with Crippen LogP contribution < -0.4 is 10.6 Å². The molecule has 2 aromatic carbocycles. The van der Waals surface area contributed by atoms with Gasteiger partial charge in [-0.25, -0.2) is 0 Å². The van der Waals surface area contributed by atoms with Crippen molar-refractivity contribution in [2.45, 2.75) is 11.8 Å².